The number of ether oxygens (including phenoxy) is 2. The first-order valence-electron chi connectivity index (χ1n) is 12.4. The molecule has 1 saturated carbocycles. The highest BCUT2D eigenvalue weighted by molar-refractivity contribution is 7.12. The normalized spacial score (nSPS) is 17.3. The SMILES string of the molecule is COc1ccc(CC2c3sc(C)cc3CCN2C(=O)c2cn(C3CC3)c3cccc(F)c23)cc1OC. The van der Waals surface area contributed by atoms with E-state index >= 15 is 4.39 Å². The molecule has 4 aromatic rings. The third-order valence-corrected chi connectivity index (χ3v) is 8.58. The van der Waals surface area contributed by atoms with Crippen molar-refractivity contribution in [3.8, 4) is 11.5 Å². The zero-order chi connectivity index (χ0) is 25.0. The minimum Gasteiger partial charge on any atom is -0.493 e. The summed E-state index contributed by atoms with van der Waals surface area (Å²) < 4.78 is 28.1. The van der Waals surface area contributed by atoms with Gasteiger partial charge in [-0.2, -0.15) is 0 Å². The van der Waals surface area contributed by atoms with Crippen molar-refractivity contribution in [1.29, 1.82) is 0 Å². The number of benzene rings is 2. The summed E-state index contributed by atoms with van der Waals surface area (Å²) in [7, 11) is 3.25. The molecule has 36 heavy (non-hydrogen) atoms. The first kappa shape index (κ1) is 23.1. The highest BCUT2D eigenvalue weighted by Gasteiger charge is 2.36. The number of methoxy groups -OCH3 is 2. The fourth-order valence-electron chi connectivity index (χ4n) is 5.52. The van der Waals surface area contributed by atoms with E-state index in [9.17, 15) is 4.79 Å². The molecule has 1 aliphatic carbocycles. The summed E-state index contributed by atoms with van der Waals surface area (Å²) in [4.78, 5) is 18.6. The Bertz CT molecular complexity index is 1470. The first-order chi connectivity index (χ1) is 17.5. The number of hydrogen-bond donors (Lipinski definition) is 0. The lowest BCUT2D eigenvalue weighted by atomic mass is 9.94. The van der Waals surface area contributed by atoms with Crippen molar-refractivity contribution in [2.75, 3.05) is 20.8 Å². The van der Waals surface area contributed by atoms with Gasteiger partial charge in [0, 0.05) is 33.9 Å². The second kappa shape index (κ2) is 8.96. The summed E-state index contributed by atoms with van der Waals surface area (Å²) in [6, 6.07) is 13.5. The number of aromatic nitrogens is 1. The number of nitrogens with zero attached hydrogens (tertiary/aromatic N) is 2. The monoisotopic (exact) mass is 504 g/mol. The predicted molar refractivity (Wildman–Crippen MR) is 140 cm³/mol. The number of fused-ring (bicyclic) bond motifs is 2. The zero-order valence-electron chi connectivity index (χ0n) is 20.7. The molecule has 2 aliphatic rings. The number of aryl methyl sites for hydroxylation is 1. The zero-order valence-corrected chi connectivity index (χ0v) is 21.5. The fourth-order valence-corrected chi connectivity index (χ4v) is 6.70. The van der Waals surface area contributed by atoms with Crippen LogP contribution in [0.2, 0.25) is 0 Å². The number of amides is 1. The first-order valence-corrected chi connectivity index (χ1v) is 13.2. The van der Waals surface area contributed by atoms with Gasteiger partial charge in [0.05, 0.1) is 31.3 Å². The van der Waals surface area contributed by atoms with E-state index < -0.39 is 0 Å². The number of carbonyl (C=O) groups is 1. The maximum absolute atomic E-state index is 15.1. The van der Waals surface area contributed by atoms with E-state index in [2.05, 4.69) is 17.6 Å². The van der Waals surface area contributed by atoms with Crippen LogP contribution in [0.25, 0.3) is 10.9 Å². The smallest absolute Gasteiger partial charge is 0.256 e. The number of carbonyl (C=O) groups excluding carboxylic acids is 1. The Morgan fingerprint density at radius 1 is 1.11 bits per heavy atom. The summed E-state index contributed by atoms with van der Waals surface area (Å²) in [5.74, 6) is 0.901. The van der Waals surface area contributed by atoms with Crippen LogP contribution in [0.5, 0.6) is 11.5 Å². The molecular weight excluding hydrogens is 475 g/mol. The molecule has 6 rings (SSSR count). The summed E-state index contributed by atoms with van der Waals surface area (Å²) in [6.45, 7) is 2.71. The largest absolute Gasteiger partial charge is 0.493 e. The maximum Gasteiger partial charge on any atom is 0.256 e. The van der Waals surface area contributed by atoms with Crippen LogP contribution in [0.4, 0.5) is 4.39 Å². The van der Waals surface area contributed by atoms with E-state index in [1.807, 2.05) is 35.4 Å². The molecule has 0 bridgehead atoms. The van der Waals surface area contributed by atoms with Crippen molar-refractivity contribution >= 4 is 28.1 Å². The third kappa shape index (κ3) is 3.86. The van der Waals surface area contributed by atoms with Crippen LogP contribution >= 0.6 is 11.3 Å². The summed E-state index contributed by atoms with van der Waals surface area (Å²) in [5, 5.41) is 0.437. The summed E-state index contributed by atoms with van der Waals surface area (Å²) in [5.41, 5.74) is 3.63. The van der Waals surface area contributed by atoms with Crippen molar-refractivity contribution in [1.82, 2.24) is 9.47 Å². The molecule has 0 radical (unpaired) electrons. The van der Waals surface area contributed by atoms with Gasteiger partial charge in [0.1, 0.15) is 5.82 Å². The van der Waals surface area contributed by atoms with Crippen LogP contribution in [0.15, 0.2) is 48.7 Å². The Labute approximate surface area is 214 Å². The molecule has 2 aromatic heterocycles. The van der Waals surface area contributed by atoms with E-state index in [-0.39, 0.29) is 17.8 Å². The molecule has 0 N–H and O–H groups in total. The molecule has 0 spiro atoms. The predicted octanol–water partition coefficient (Wildman–Crippen LogP) is 6.48. The fraction of sp³-hybridized carbons (Fsp3) is 0.345. The van der Waals surface area contributed by atoms with Crippen molar-refractivity contribution in [2.24, 2.45) is 0 Å². The lowest BCUT2D eigenvalue weighted by Gasteiger charge is -2.36. The quantitative estimate of drug-likeness (QED) is 0.302. The van der Waals surface area contributed by atoms with Gasteiger partial charge < -0.3 is 18.9 Å². The average molecular weight is 505 g/mol. The van der Waals surface area contributed by atoms with E-state index in [4.69, 9.17) is 9.47 Å². The van der Waals surface area contributed by atoms with Crippen LogP contribution in [-0.4, -0.2) is 36.1 Å². The van der Waals surface area contributed by atoms with Crippen molar-refractivity contribution in [2.45, 2.75) is 44.7 Å². The Morgan fingerprint density at radius 2 is 1.92 bits per heavy atom. The number of rotatable bonds is 6. The molecule has 1 aliphatic heterocycles. The van der Waals surface area contributed by atoms with Gasteiger partial charge in [-0.1, -0.05) is 12.1 Å². The maximum atomic E-state index is 15.1. The molecule has 1 atom stereocenters. The molecule has 5 nitrogen and oxygen atoms in total. The third-order valence-electron chi connectivity index (χ3n) is 7.38. The highest BCUT2D eigenvalue weighted by atomic mass is 32.1. The minimum absolute atomic E-state index is 0.105. The number of hydrogen-bond acceptors (Lipinski definition) is 4. The van der Waals surface area contributed by atoms with E-state index in [0.29, 0.717) is 41.5 Å². The van der Waals surface area contributed by atoms with Crippen LogP contribution in [0.1, 0.15) is 56.2 Å². The van der Waals surface area contributed by atoms with Gasteiger partial charge in [0.25, 0.3) is 5.91 Å². The van der Waals surface area contributed by atoms with Crippen LogP contribution in [0, 0.1) is 12.7 Å². The lowest BCUT2D eigenvalue weighted by molar-refractivity contribution is 0.0666. The van der Waals surface area contributed by atoms with Crippen molar-refractivity contribution in [3.63, 3.8) is 0 Å². The molecule has 1 unspecified atom stereocenters. The summed E-state index contributed by atoms with van der Waals surface area (Å²) in [6.07, 6.45) is 5.46. The van der Waals surface area contributed by atoms with Gasteiger partial charge in [-0.3, -0.25) is 4.79 Å². The second-order valence-corrected chi connectivity index (χ2v) is 11.0. The molecule has 2 aromatic carbocycles. The van der Waals surface area contributed by atoms with Gasteiger partial charge in [-0.15, -0.1) is 11.3 Å². The number of thiophene rings is 1. The molecule has 3 heterocycles. The molecule has 186 valence electrons. The Hall–Kier alpha value is -3.32. The van der Waals surface area contributed by atoms with Crippen LogP contribution in [0.3, 0.4) is 0 Å². The average Bonchev–Trinajstić information content (AvgIpc) is 3.54. The molecule has 1 fully saturated rings. The van der Waals surface area contributed by atoms with Crippen molar-refractivity contribution in [3.05, 3.63) is 80.9 Å². The van der Waals surface area contributed by atoms with E-state index in [1.54, 1.807) is 31.6 Å². The number of halogens is 1. The Balaban J connectivity index is 1.42. The molecule has 0 saturated heterocycles. The van der Waals surface area contributed by atoms with E-state index in [1.165, 1.54) is 21.4 Å². The topological polar surface area (TPSA) is 43.7 Å². The Kier molecular flexibility index (Phi) is 5.75. The van der Waals surface area contributed by atoms with Crippen LogP contribution < -0.4 is 9.47 Å². The standard InChI is InChI=1S/C29H29FN2O3S/c1-17-13-19-11-12-31(24(28(19)36-17)14-18-7-10-25(34-2)26(15-18)35-3)29(33)21-16-32(20-8-9-20)23-6-4-5-22(30)27(21)23/h4-7,10,13,15-16,20,24H,8-9,11-12,14H2,1-3H3. The molecule has 1 amide bonds. The second-order valence-electron chi connectivity index (χ2n) is 9.72. The van der Waals surface area contributed by atoms with Crippen molar-refractivity contribution < 1.29 is 18.7 Å². The van der Waals surface area contributed by atoms with Gasteiger partial charge in [-0.25, -0.2) is 4.39 Å². The van der Waals surface area contributed by atoms with Gasteiger partial charge in [-0.05, 0) is 74.1 Å². The molecule has 7 heteroatoms. The van der Waals surface area contributed by atoms with Gasteiger partial charge in [0.15, 0.2) is 11.5 Å². The molecular formula is C29H29FN2O3S. The van der Waals surface area contributed by atoms with Gasteiger partial charge in [0.2, 0.25) is 0 Å². The summed E-state index contributed by atoms with van der Waals surface area (Å²) >= 11 is 1.75. The van der Waals surface area contributed by atoms with E-state index in [0.717, 1.165) is 30.3 Å². The van der Waals surface area contributed by atoms with Gasteiger partial charge >= 0.3 is 0 Å². The Morgan fingerprint density at radius 3 is 2.67 bits per heavy atom. The minimum atomic E-state index is -0.337. The highest BCUT2D eigenvalue weighted by Crippen LogP contribution is 2.43. The van der Waals surface area contributed by atoms with Crippen LogP contribution in [-0.2, 0) is 12.8 Å². The lowest BCUT2D eigenvalue weighted by Crippen LogP contribution is -2.40.